The summed E-state index contributed by atoms with van der Waals surface area (Å²) in [7, 11) is 1.51. The molecule has 0 bridgehead atoms. The number of carbonyl (C=O) groups excluding carboxylic acids is 2. The highest BCUT2D eigenvalue weighted by Gasteiger charge is 2.41. The molecule has 10 heteroatoms. The van der Waals surface area contributed by atoms with E-state index >= 15 is 0 Å². The third-order valence-corrected chi connectivity index (χ3v) is 13.5. The summed E-state index contributed by atoms with van der Waals surface area (Å²) in [6.45, 7) is 6.49. The maximum atomic E-state index is 14.6. The molecule has 1 fully saturated rings. The van der Waals surface area contributed by atoms with Gasteiger partial charge in [-0.15, -0.1) is 0 Å². The van der Waals surface area contributed by atoms with Crippen LogP contribution in [0.2, 0.25) is 0 Å². The highest BCUT2D eigenvalue weighted by molar-refractivity contribution is 6.00. The molecule has 2 aromatic carbocycles. The number of ether oxygens (including phenoxy) is 1. The number of H-pyrrole nitrogens is 1. The van der Waals surface area contributed by atoms with E-state index in [-0.39, 0.29) is 59.7 Å². The molecule has 0 unspecified atom stereocenters. The van der Waals surface area contributed by atoms with Gasteiger partial charge in [-0.25, -0.2) is 0 Å². The molecule has 0 saturated heterocycles. The lowest BCUT2D eigenvalue weighted by molar-refractivity contribution is -0.130. The van der Waals surface area contributed by atoms with Gasteiger partial charge >= 0.3 is 0 Å². The molecule has 1 aliphatic heterocycles. The molecule has 0 radical (unpaired) electrons. The maximum Gasteiger partial charge on any atom is 0.160 e. The summed E-state index contributed by atoms with van der Waals surface area (Å²) in [6.07, 6.45) is 10.4. The van der Waals surface area contributed by atoms with Crippen molar-refractivity contribution in [2.45, 2.75) is 128 Å². The number of nitrogens with one attached hydrogen (secondary N) is 2. The number of aromatic nitrogens is 1. The average molecular weight is 834 g/mol. The lowest BCUT2D eigenvalue weighted by atomic mass is 9.73. The fraction of sp³-hybridized carbons (Fsp3) is 0.529. The van der Waals surface area contributed by atoms with Crippen molar-refractivity contribution in [3.05, 3.63) is 106 Å². The van der Waals surface area contributed by atoms with Crippen LogP contribution in [0.3, 0.4) is 0 Å². The second kappa shape index (κ2) is 21.3. The van der Waals surface area contributed by atoms with E-state index in [1.54, 1.807) is 19.1 Å². The number of dihydropyridines is 1. The van der Waals surface area contributed by atoms with Crippen LogP contribution in [-0.2, 0) is 22.4 Å². The number of nitrogens with two attached hydrogens (primary N) is 1. The van der Waals surface area contributed by atoms with E-state index in [1.807, 2.05) is 42.6 Å². The molecule has 0 spiro atoms. The Morgan fingerprint density at radius 3 is 2.46 bits per heavy atom. The first-order valence-electron chi connectivity index (χ1n) is 22.4. The standard InChI is InChI=1S/C51H67N3O7/c1-5-9-43(47(58)27-40-24-39(30-54-40)31(2)12-17-46(57)32(3)55)38-22-34(20-33-18-19-53-51(52)23-33)21-36-14-16-42(35-10-7-6-8-11-35)44-29-49(60)50(61-4)26-37(44)13-15-41(56)28-48(59)45(36)25-38/h6-8,10-11,18,23-24,26,29-32,34,36,38,42-43,45-47,53-55,57-58,60H,5,9,12-13,15,17,19-22,25,27-28,52H2,1-4H3/t31-,32+,34+,36+,38+,42-,43+,45+,46+,47-/m1/s1. The van der Waals surface area contributed by atoms with Crippen LogP contribution in [0.5, 0.6) is 11.5 Å². The van der Waals surface area contributed by atoms with Crippen molar-refractivity contribution < 1.29 is 34.8 Å². The molecule has 2 heterocycles. The number of aromatic hydroxyl groups is 1. The first-order valence-corrected chi connectivity index (χ1v) is 22.4. The Kier molecular flexibility index (Phi) is 16.0. The zero-order chi connectivity index (χ0) is 43.6. The van der Waals surface area contributed by atoms with Gasteiger partial charge < -0.3 is 41.2 Å². The van der Waals surface area contributed by atoms with Crippen molar-refractivity contribution in [1.29, 1.82) is 0 Å². The number of allylic oxidation sites excluding steroid dienone is 2. The fourth-order valence-electron chi connectivity index (χ4n) is 10.0. The summed E-state index contributed by atoms with van der Waals surface area (Å²) in [4.78, 5) is 31.8. The minimum Gasteiger partial charge on any atom is -0.504 e. The van der Waals surface area contributed by atoms with Crippen LogP contribution < -0.4 is 15.8 Å². The van der Waals surface area contributed by atoms with Gasteiger partial charge in [0.1, 0.15) is 11.6 Å². The van der Waals surface area contributed by atoms with Gasteiger partial charge in [-0.05, 0) is 134 Å². The number of rotatable bonds is 15. The van der Waals surface area contributed by atoms with Gasteiger partial charge in [-0.3, -0.25) is 9.59 Å². The number of benzene rings is 2. The second-order valence-electron chi connectivity index (χ2n) is 18.0. The summed E-state index contributed by atoms with van der Waals surface area (Å²) < 4.78 is 5.48. The molecular weight excluding hydrogens is 767 g/mol. The molecule has 10 nitrogen and oxygen atoms in total. The molecule has 1 aromatic heterocycles. The number of phenolic OH excluding ortho intramolecular Hbond substituents is 1. The van der Waals surface area contributed by atoms with E-state index in [9.17, 15) is 30.0 Å². The molecule has 328 valence electrons. The Hall–Kier alpha value is -4.82. The molecule has 0 amide bonds. The monoisotopic (exact) mass is 833 g/mol. The van der Waals surface area contributed by atoms with Crippen LogP contribution in [-0.4, -0.2) is 68.9 Å². The van der Waals surface area contributed by atoms with Crippen molar-refractivity contribution in [2.75, 3.05) is 13.7 Å². The number of aliphatic hydroxyl groups is 3. The van der Waals surface area contributed by atoms with Gasteiger partial charge in [0.15, 0.2) is 11.5 Å². The number of aryl methyl sites for hydroxylation is 1. The lowest BCUT2D eigenvalue weighted by Gasteiger charge is -2.33. The molecule has 6 rings (SSSR count). The number of carbonyl (C=O) groups is 2. The predicted octanol–water partition coefficient (Wildman–Crippen LogP) is 7.35. The Balaban J connectivity index is 1.37. The molecule has 8 N–H and O–H groups in total. The van der Waals surface area contributed by atoms with Gasteiger partial charge in [0.2, 0.25) is 0 Å². The SMILES string of the molecule is CCC[C@@H]([C@H]1C[C@@H](CC2=CCNC(N)=C2)C[C@@H]2C#C[C@H](c3ccccc3)c3cc(O)c(OC)cc3CCC(=O)CC(=O)[C@H]2C1)[C@H](O)Cc1cc([C@H](C)CC[C@H](O)[C@H](C)O)c[nH]1. The number of methoxy groups -OCH3 is 1. The number of ketones is 2. The zero-order valence-corrected chi connectivity index (χ0v) is 36.4. The molecule has 2 aliphatic carbocycles. The zero-order valence-electron chi connectivity index (χ0n) is 36.4. The topological polar surface area (TPSA) is 178 Å². The predicted molar refractivity (Wildman–Crippen MR) is 239 cm³/mol. The van der Waals surface area contributed by atoms with Crippen LogP contribution in [0.15, 0.2) is 78.3 Å². The van der Waals surface area contributed by atoms with Crippen LogP contribution >= 0.6 is 0 Å². The molecule has 3 aromatic rings. The van der Waals surface area contributed by atoms with Crippen molar-refractivity contribution in [1.82, 2.24) is 10.3 Å². The molecule has 3 aliphatic rings. The molecule has 61 heavy (non-hydrogen) atoms. The normalized spacial score (nSPS) is 24.6. The van der Waals surface area contributed by atoms with Crippen LogP contribution in [0.4, 0.5) is 0 Å². The fourth-order valence-corrected chi connectivity index (χ4v) is 10.0. The Labute approximate surface area is 362 Å². The largest absolute Gasteiger partial charge is 0.504 e. The van der Waals surface area contributed by atoms with Gasteiger partial charge in [0, 0.05) is 43.1 Å². The number of hydrogen-bond acceptors (Lipinski definition) is 9. The van der Waals surface area contributed by atoms with E-state index < -0.39 is 30.1 Å². The Bertz CT molecular complexity index is 2080. The van der Waals surface area contributed by atoms with Crippen molar-refractivity contribution in [3.8, 4) is 23.3 Å². The molecule has 1 saturated carbocycles. The summed E-state index contributed by atoms with van der Waals surface area (Å²) in [5.41, 5.74) is 12.1. The first-order chi connectivity index (χ1) is 29.3. The lowest BCUT2D eigenvalue weighted by Crippen LogP contribution is -2.33. The third kappa shape index (κ3) is 12.0. The summed E-state index contributed by atoms with van der Waals surface area (Å²) >= 11 is 0. The highest BCUT2D eigenvalue weighted by atomic mass is 16.5. The number of hydrogen-bond donors (Lipinski definition) is 7. The average Bonchev–Trinajstić information content (AvgIpc) is 3.63. The molecule has 10 atom stereocenters. The third-order valence-electron chi connectivity index (χ3n) is 13.5. The van der Waals surface area contributed by atoms with Crippen LogP contribution in [0.25, 0.3) is 0 Å². The number of fused-ring (bicyclic) bond motifs is 2. The summed E-state index contributed by atoms with van der Waals surface area (Å²) in [5, 5.41) is 46.4. The Morgan fingerprint density at radius 2 is 1.74 bits per heavy atom. The van der Waals surface area contributed by atoms with Gasteiger partial charge in [-0.1, -0.05) is 68.5 Å². The van der Waals surface area contributed by atoms with Crippen molar-refractivity contribution in [3.63, 3.8) is 0 Å². The van der Waals surface area contributed by atoms with E-state index in [0.717, 1.165) is 65.6 Å². The number of phenols is 1. The minimum atomic E-state index is -0.776. The molecular formula is C51H67N3O7. The van der Waals surface area contributed by atoms with Crippen molar-refractivity contribution in [2.24, 2.45) is 35.3 Å². The van der Waals surface area contributed by atoms with E-state index in [4.69, 9.17) is 10.5 Å². The van der Waals surface area contributed by atoms with Crippen LogP contribution in [0.1, 0.15) is 125 Å². The van der Waals surface area contributed by atoms with Crippen molar-refractivity contribution >= 4 is 11.6 Å². The highest BCUT2D eigenvalue weighted by Crippen LogP contribution is 2.45. The number of aromatic amines is 1. The summed E-state index contributed by atoms with van der Waals surface area (Å²) in [6, 6.07) is 15.6. The number of Topliss-reactive ketones (excluding diaryl/α,β-unsaturated/α-hetero) is 2. The first kappa shape index (κ1) is 45.7. The quantitative estimate of drug-likeness (QED) is 0.0609. The van der Waals surface area contributed by atoms with E-state index in [2.05, 4.69) is 48.1 Å². The minimum absolute atomic E-state index is 0.00211. The van der Waals surface area contributed by atoms with Gasteiger partial charge in [0.25, 0.3) is 0 Å². The van der Waals surface area contributed by atoms with Gasteiger partial charge in [-0.2, -0.15) is 0 Å². The number of aliphatic hydroxyl groups excluding tert-OH is 3. The van der Waals surface area contributed by atoms with E-state index in [1.165, 1.54) is 7.11 Å². The second-order valence-corrected chi connectivity index (χ2v) is 18.0. The smallest absolute Gasteiger partial charge is 0.160 e. The van der Waals surface area contributed by atoms with Crippen LogP contribution in [0, 0.1) is 41.4 Å². The Morgan fingerprint density at radius 1 is 0.951 bits per heavy atom. The van der Waals surface area contributed by atoms with Gasteiger partial charge in [0.05, 0.1) is 43.6 Å². The summed E-state index contributed by atoms with van der Waals surface area (Å²) in [5.74, 6) is 7.04. The maximum absolute atomic E-state index is 14.6. The van der Waals surface area contributed by atoms with E-state index in [0.29, 0.717) is 50.2 Å².